The fourth-order valence-electron chi connectivity index (χ4n) is 4.15. The Morgan fingerprint density at radius 1 is 1.14 bits per heavy atom. The summed E-state index contributed by atoms with van der Waals surface area (Å²) in [5.74, 6) is -1.80. The molecule has 1 fully saturated rings. The molecule has 0 radical (unpaired) electrons. The molecular formula is C20H22F3N5O. The maximum Gasteiger partial charge on any atom is 0.471 e. The lowest BCUT2D eigenvalue weighted by atomic mass is 9.93. The zero-order valence-electron chi connectivity index (χ0n) is 16.3. The van der Waals surface area contributed by atoms with Crippen LogP contribution in [0.15, 0.2) is 18.2 Å². The topological polar surface area (TPSA) is 63.4 Å². The summed E-state index contributed by atoms with van der Waals surface area (Å²) < 4.78 is 41.5. The highest BCUT2D eigenvalue weighted by Gasteiger charge is 2.45. The molecular weight excluding hydrogens is 383 g/mol. The molecule has 1 aliphatic rings. The van der Waals surface area contributed by atoms with Crippen molar-refractivity contribution < 1.29 is 18.0 Å². The SMILES string of the molecule is Cc1cc2cc(CN(C(=O)C(F)(F)F)C3CCCCC3)c3nnnn3c2cc1C. The van der Waals surface area contributed by atoms with Crippen molar-refractivity contribution in [3.05, 3.63) is 34.9 Å². The lowest BCUT2D eigenvalue weighted by molar-refractivity contribution is -0.189. The monoisotopic (exact) mass is 405 g/mol. The molecule has 1 saturated carbocycles. The fraction of sp³-hybridized carbons (Fsp3) is 0.500. The Balaban J connectivity index is 1.81. The van der Waals surface area contributed by atoms with Crippen molar-refractivity contribution in [1.82, 2.24) is 24.9 Å². The number of benzene rings is 1. The molecule has 0 unspecified atom stereocenters. The molecule has 1 amide bonds. The number of fused-ring (bicyclic) bond motifs is 3. The molecule has 4 rings (SSSR count). The van der Waals surface area contributed by atoms with E-state index < -0.39 is 18.1 Å². The number of carbonyl (C=O) groups excluding carboxylic acids is 1. The molecule has 3 aromatic rings. The fourth-order valence-corrected chi connectivity index (χ4v) is 4.15. The van der Waals surface area contributed by atoms with Gasteiger partial charge in [0.05, 0.1) is 12.1 Å². The third-order valence-corrected chi connectivity index (χ3v) is 5.82. The average molecular weight is 405 g/mol. The Morgan fingerprint density at radius 3 is 2.52 bits per heavy atom. The first kappa shape index (κ1) is 19.6. The van der Waals surface area contributed by atoms with Gasteiger partial charge in [-0.25, -0.2) is 0 Å². The van der Waals surface area contributed by atoms with Crippen LogP contribution in [0, 0.1) is 13.8 Å². The second kappa shape index (κ2) is 7.27. The summed E-state index contributed by atoms with van der Waals surface area (Å²) in [6.07, 6.45) is -1.12. The van der Waals surface area contributed by atoms with Crippen LogP contribution in [0.4, 0.5) is 13.2 Å². The summed E-state index contributed by atoms with van der Waals surface area (Å²) in [6, 6.07) is 5.29. The zero-order valence-corrected chi connectivity index (χ0v) is 16.3. The van der Waals surface area contributed by atoms with Crippen molar-refractivity contribution in [3.8, 4) is 0 Å². The second-order valence-corrected chi connectivity index (χ2v) is 7.80. The quantitative estimate of drug-likeness (QED) is 0.658. The molecule has 1 aliphatic carbocycles. The van der Waals surface area contributed by atoms with Crippen molar-refractivity contribution in [3.63, 3.8) is 0 Å². The molecule has 9 heteroatoms. The molecule has 0 spiro atoms. The molecule has 1 aromatic carbocycles. The number of aromatic nitrogens is 4. The number of hydrogen-bond acceptors (Lipinski definition) is 4. The Kier molecular flexibility index (Phi) is 4.92. The number of halogens is 3. The Morgan fingerprint density at radius 2 is 1.83 bits per heavy atom. The Bertz CT molecular complexity index is 1070. The molecule has 154 valence electrons. The molecule has 0 bridgehead atoms. The smallest absolute Gasteiger partial charge is 0.327 e. The summed E-state index contributed by atoms with van der Waals surface area (Å²) in [4.78, 5) is 13.2. The predicted molar refractivity (Wildman–Crippen MR) is 101 cm³/mol. The van der Waals surface area contributed by atoms with Crippen LogP contribution in [0.5, 0.6) is 0 Å². The number of amides is 1. The van der Waals surface area contributed by atoms with E-state index in [2.05, 4.69) is 15.5 Å². The van der Waals surface area contributed by atoms with E-state index in [9.17, 15) is 18.0 Å². The van der Waals surface area contributed by atoms with Crippen LogP contribution in [0.3, 0.4) is 0 Å². The summed E-state index contributed by atoms with van der Waals surface area (Å²) in [5.41, 5.74) is 3.79. The maximum absolute atomic E-state index is 13.3. The molecule has 2 heterocycles. The highest BCUT2D eigenvalue weighted by atomic mass is 19.4. The van der Waals surface area contributed by atoms with Crippen LogP contribution in [-0.4, -0.2) is 43.1 Å². The molecule has 2 aromatic heterocycles. The van der Waals surface area contributed by atoms with E-state index in [1.165, 1.54) is 4.52 Å². The first-order valence-corrected chi connectivity index (χ1v) is 9.74. The molecule has 6 nitrogen and oxygen atoms in total. The summed E-state index contributed by atoms with van der Waals surface area (Å²) >= 11 is 0. The molecule has 0 saturated heterocycles. The van der Waals surface area contributed by atoms with Crippen molar-refractivity contribution in [2.75, 3.05) is 0 Å². The lowest BCUT2D eigenvalue weighted by Gasteiger charge is -2.34. The maximum atomic E-state index is 13.3. The number of pyridine rings is 1. The van der Waals surface area contributed by atoms with Gasteiger partial charge in [-0.15, -0.1) is 5.10 Å². The van der Waals surface area contributed by atoms with Crippen molar-refractivity contribution in [1.29, 1.82) is 0 Å². The molecule has 0 aliphatic heterocycles. The summed E-state index contributed by atoms with van der Waals surface area (Å²) in [7, 11) is 0. The van der Waals surface area contributed by atoms with E-state index >= 15 is 0 Å². The van der Waals surface area contributed by atoms with Gasteiger partial charge < -0.3 is 4.90 Å². The van der Waals surface area contributed by atoms with Crippen LogP contribution in [0.2, 0.25) is 0 Å². The van der Waals surface area contributed by atoms with E-state index in [-0.39, 0.29) is 6.54 Å². The number of rotatable bonds is 3. The number of tetrazole rings is 1. The van der Waals surface area contributed by atoms with E-state index in [1.54, 1.807) is 6.07 Å². The minimum absolute atomic E-state index is 0.171. The highest BCUT2D eigenvalue weighted by Crippen LogP contribution is 2.30. The van der Waals surface area contributed by atoms with Gasteiger partial charge in [0.25, 0.3) is 0 Å². The Labute approximate surface area is 165 Å². The van der Waals surface area contributed by atoms with Crippen molar-refractivity contribution in [2.45, 2.75) is 64.7 Å². The standard InChI is InChI=1S/C20H22F3N5O/c1-12-8-14-10-15(18-24-25-26-28(18)17(14)9-13(12)2)11-27(19(29)20(21,22)23)16-6-4-3-5-7-16/h8-10,16H,3-7,11H2,1-2H3. The van der Waals surface area contributed by atoms with Crippen molar-refractivity contribution in [2.24, 2.45) is 0 Å². The van der Waals surface area contributed by atoms with E-state index in [4.69, 9.17) is 0 Å². The van der Waals surface area contributed by atoms with Crippen LogP contribution in [0.1, 0.15) is 48.8 Å². The van der Waals surface area contributed by atoms with Crippen LogP contribution in [0.25, 0.3) is 16.6 Å². The van der Waals surface area contributed by atoms with Crippen LogP contribution >= 0.6 is 0 Å². The Hall–Kier alpha value is -2.71. The van der Waals surface area contributed by atoms with E-state index in [0.29, 0.717) is 24.1 Å². The van der Waals surface area contributed by atoms with Gasteiger partial charge in [-0.3, -0.25) is 4.79 Å². The van der Waals surface area contributed by atoms with Gasteiger partial charge in [0, 0.05) is 17.0 Å². The first-order chi connectivity index (χ1) is 13.8. The lowest BCUT2D eigenvalue weighted by Crippen LogP contribution is -2.47. The molecule has 0 N–H and O–H groups in total. The van der Waals surface area contributed by atoms with Crippen LogP contribution < -0.4 is 0 Å². The second-order valence-electron chi connectivity index (χ2n) is 7.80. The largest absolute Gasteiger partial charge is 0.471 e. The molecule has 29 heavy (non-hydrogen) atoms. The summed E-state index contributed by atoms with van der Waals surface area (Å²) in [5, 5.41) is 12.6. The van der Waals surface area contributed by atoms with Gasteiger partial charge >= 0.3 is 12.1 Å². The van der Waals surface area contributed by atoms with Crippen molar-refractivity contribution >= 4 is 22.5 Å². The molecule has 0 atom stereocenters. The number of carbonyl (C=O) groups is 1. The van der Waals surface area contributed by atoms with E-state index in [0.717, 1.165) is 46.2 Å². The minimum Gasteiger partial charge on any atom is -0.327 e. The predicted octanol–water partition coefficient (Wildman–Crippen LogP) is 4.12. The van der Waals surface area contributed by atoms with Gasteiger partial charge in [-0.05, 0) is 66.4 Å². The number of alkyl halides is 3. The van der Waals surface area contributed by atoms with E-state index in [1.807, 2.05) is 26.0 Å². The van der Waals surface area contributed by atoms with Gasteiger partial charge in [-0.1, -0.05) is 19.3 Å². The minimum atomic E-state index is -4.91. The number of aryl methyl sites for hydroxylation is 2. The first-order valence-electron chi connectivity index (χ1n) is 9.74. The average Bonchev–Trinajstić information content (AvgIpc) is 3.17. The number of hydrogen-bond donors (Lipinski definition) is 0. The third-order valence-electron chi connectivity index (χ3n) is 5.82. The highest BCUT2D eigenvalue weighted by molar-refractivity contribution is 5.85. The van der Waals surface area contributed by atoms with Gasteiger partial charge in [0.2, 0.25) is 0 Å². The van der Waals surface area contributed by atoms with Gasteiger partial charge in [0.15, 0.2) is 5.65 Å². The van der Waals surface area contributed by atoms with Gasteiger partial charge in [0.1, 0.15) is 0 Å². The normalized spacial score (nSPS) is 15.9. The van der Waals surface area contributed by atoms with Gasteiger partial charge in [-0.2, -0.15) is 17.7 Å². The van der Waals surface area contributed by atoms with Crippen LogP contribution in [-0.2, 0) is 11.3 Å². The third kappa shape index (κ3) is 3.65. The summed E-state index contributed by atoms with van der Waals surface area (Å²) in [6.45, 7) is 3.78. The zero-order chi connectivity index (χ0) is 20.8. The number of nitrogens with zero attached hydrogens (tertiary/aromatic N) is 5.